The third-order valence-corrected chi connectivity index (χ3v) is 3.05. The van der Waals surface area contributed by atoms with Crippen molar-refractivity contribution in [2.45, 2.75) is 32.4 Å². The molecule has 0 bridgehead atoms. The maximum absolute atomic E-state index is 5.54. The smallest absolute Gasteiger partial charge is 0.0700 e. The Morgan fingerprint density at radius 3 is 3.13 bits per heavy atom. The van der Waals surface area contributed by atoms with E-state index in [-0.39, 0.29) is 0 Å². The molecule has 0 aliphatic carbocycles. The van der Waals surface area contributed by atoms with Crippen LogP contribution < -0.4 is 5.32 Å². The standard InChI is InChI=1S/C11H19N3O/c1-9-10(7-13-14(9)2)6-12-8-11-4-3-5-15-11/h7,11-12H,3-6,8H2,1-2H3/t11-/m1/s1. The van der Waals surface area contributed by atoms with Gasteiger partial charge in [0, 0.05) is 38.0 Å². The van der Waals surface area contributed by atoms with Gasteiger partial charge in [-0.3, -0.25) is 4.68 Å². The average Bonchev–Trinajstić information content (AvgIpc) is 2.83. The van der Waals surface area contributed by atoms with Crippen LogP contribution in [0.3, 0.4) is 0 Å². The monoisotopic (exact) mass is 209 g/mol. The Hall–Kier alpha value is -0.870. The van der Waals surface area contributed by atoms with Crippen molar-refractivity contribution >= 4 is 0 Å². The van der Waals surface area contributed by atoms with Gasteiger partial charge in [-0.15, -0.1) is 0 Å². The lowest BCUT2D eigenvalue weighted by Crippen LogP contribution is -2.25. The van der Waals surface area contributed by atoms with E-state index in [9.17, 15) is 0 Å². The number of rotatable bonds is 4. The summed E-state index contributed by atoms with van der Waals surface area (Å²) in [6.07, 6.45) is 4.75. The van der Waals surface area contributed by atoms with Crippen LogP contribution in [0.4, 0.5) is 0 Å². The van der Waals surface area contributed by atoms with Gasteiger partial charge in [0.05, 0.1) is 12.3 Å². The topological polar surface area (TPSA) is 39.1 Å². The van der Waals surface area contributed by atoms with Gasteiger partial charge >= 0.3 is 0 Å². The highest BCUT2D eigenvalue weighted by atomic mass is 16.5. The zero-order chi connectivity index (χ0) is 10.7. The highest BCUT2D eigenvalue weighted by Gasteiger charge is 2.14. The van der Waals surface area contributed by atoms with Crippen LogP contribution >= 0.6 is 0 Å². The van der Waals surface area contributed by atoms with Gasteiger partial charge in [0.2, 0.25) is 0 Å². The van der Waals surface area contributed by atoms with Gasteiger partial charge in [-0.2, -0.15) is 5.10 Å². The lowest BCUT2D eigenvalue weighted by atomic mass is 10.2. The van der Waals surface area contributed by atoms with E-state index in [1.165, 1.54) is 24.1 Å². The van der Waals surface area contributed by atoms with E-state index in [2.05, 4.69) is 17.3 Å². The number of aromatic nitrogens is 2. The number of aryl methyl sites for hydroxylation is 1. The molecule has 4 heteroatoms. The van der Waals surface area contributed by atoms with E-state index < -0.39 is 0 Å². The molecule has 0 amide bonds. The van der Waals surface area contributed by atoms with E-state index in [1.54, 1.807) is 0 Å². The van der Waals surface area contributed by atoms with Crippen LogP contribution in [-0.4, -0.2) is 29.0 Å². The highest BCUT2D eigenvalue weighted by Crippen LogP contribution is 2.11. The summed E-state index contributed by atoms with van der Waals surface area (Å²) in [6.45, 7) is 4.86. The Labute approximate surface area is 90.6 Å². The maximum atomic E-state index is 5.54. The van der Waals surface area contributed by atoms with Gasteiger partial charge in [0.15, 0.2) is 0 Å². The van der Waals surface area contributed by atoms with E-state index in [4.69, 9.17) is 4.74 Å². The van der Waals surface area contributed by atoms with Gasteiger partial charge in [-0.1, -0.05) is 0 Å². The number of ether oxygens (including phenoxy) is 1. The molecule has 0 saturated carbocycles. The predicted octanol–water partition coefficient (Wildman–Crippen LogP) is 0.997. The summed E-state index contributed by atoms with van der Waals surface area (Å²) in [5, 5.41) is 7.63. The van der Waals surface area contributed by atoms with E-state index in [0.29, 0.717) is 6.10 Å². The molecule has 1 fully saturated rings. The highest BCUT2D eigenvalue weighted by molar-refractivity contribution is 5.15. The van der Waals surface area contributed by atoms with Crippen LogP contribution in [0.25, 0.3) is 0 Å². The first-order valence-corrected chi connectivity index (χ1v) is 5.57. The largest absolute Gasteiger partial charge is 0.377 e. The summed E-state index contributed by atoms with van der Waals surface area (Å²) >= 11 is 0. The minimum absolute atomic E-state index is 0.418. The van der Waals surface area contributed by atoms with Gasteiger partial charge < -0.3 is 10.1 Å². The summed E-state index contributed by atoms with van der Waals surface area (Å²) in [7, 11) is 1.97. The maximum Gasteiger partial charge on any atom is 0.0700 e. The summed E-state index contributed by atoms with van der Waals surface area (Å²) in [5.74, 6) is 0. The van der Waals surface area contributed by atoms with Gasteiger partial charge in [0.1, 0.15) is 0 Å². The fourth-order valence-electron chi connectivity index (χ4n) is 1.89. The Kier molecular flexibility index (Phi) is 3.38. The summed E-state index contributed by atoms with van der Waals surface area (Å²) in [6, 6.07) is 0. The Morgan fingerprint density at radius 2 is 2.53 bits per heavy atom. The van der Waals surface area contributed by atoms with Crippen molar-refractivity contribution in [3.05, 3.63) is 17.5 Å². The lowest BCUT2D eigenvalue weighted by Gasteiger charge is -2.10. The molecule has 1 aliphatic rings. The molecule has 2 heterocycles. The summed E-state index contributed by atoms with van der Waals surface area (Å²) in [5.41, 5.74) is 2.50. The summed E-state index contributed by atoms with van der Waals surface area (Å²) < 4.78 is 7.45. The minimum atomic E-state index is 0.418. The van der Waals surface area contributed by atoms with E-state index in [0.717, 1.165) is 19.7 Å². The fraction of sp³-hybridized carbons (Fsp3) is 0.727. The van der Waals surface area contributed by atoms with E-state index in [1.807, 2.05) is 17.9 Å². The SMILES string of the molecule is Cc1c(CNC[C@H]2CCCO2)cnn1C. The number of nitrogens with one attached hydrogen (secondary N) is 1. The first-order valence-electron chi connectivity index (χ1n) is 5.57. The molecule has 1 aliphatic heterocycles. The molecular formula is C11H19N3O. The summed E-state index contributed by atoms with van der Waals surface area (Å²) in [4.78, 5) is 0. The van der Waals surface area contributed by atoms with Crippen molar-refractivity contribution in [3.8, 4) is 0 Å². The molecule has 2 rings (SSSR count). The van der Waals surface area contributed by atoms with Crippen LogP contribution in [0.2, 0.25) is 0 Å². The second kappa shape index (κ2) is 4.77. The second-order valence-electron chi connectivity index (χ2n) is 4.14. The normalized spacial score (nSPS) is 21.1. The fourth-order valence-corrected chi connectivity index (χ4v) is 1.89. The Balaban J connectivity index is 1.75. The third kappa shape index (κ3) is 2.58. The zero-order valence-electron chi connectivity index (χ0n) is 9.49. The first-order chi connectivity index (χ1) is 7.27. The predicted molar refractivity (Wildman–Crippen MR) is 58.6 cm³/mol. The van der Waals surface area contributed by atoms with Gasteiger partial charge in [-0.05, 0) is 19.8 Å². The molecule has 0 radical (unpaired) electrons. The molecule has 1 atom stereocenters. The number of hydrogen-bond donors (Lipinski definition) is 1. The van der Waals surface area contributed by atoms with Crippen LogP contribution in [0.15, 0.2) is 6.20 Å². The zero-order valence-corrected chi connectivity index (χ0v) is 9.49. The molecule has 84 valence electrons. The van der Waals surface area contributed by atoms with Crippen molar-refractivity contribution in [3.63, 3.8) is 0 Å². The first kappa shape index (κ1) is 10.6. The quantitative estimate of drug-likeness (QED) is 0.804. The van der Waals surface area contributed by atoms with Crippen LogP contribution in [0, 0.1) is 6.92 Å². The van der Waals surface area contributed by atoms with Gasteiger partial charge in [-0.25, -0.2) is 0 Å². The average molecular weight is 209 g/mol. The lowest BCUT2D eigenvalue weighted by molar-refractivity contribution is 0.110. The van der Waals surface area contributed by atoms with Crippen LogP contribution in [0.5, 0.6) is 0 Å². The molecule has 0 unspecified atom stereocenters. The second-order valence-corrected chi connectivity index (χ2v) is 4.14. The molecule has 15 heavy (non-hydrogen) atoms. The van der Waals surface area contributed by atoms with Crippen molar-refractivity contribution in [1.82, 2.24) is 15.1 Å². The Bertz CT molecular complexity index is 316. The van der Waals surface area contributed by atoms with Crippen molar-refractivity contribution in [2.24, 2.45) is 7.05 Å². The number of nitrogens with zero attached hydrogens (tertiary/aromatic N) is 2. The van der Waals surface area contributed by atoms with E-state index >= 15 is 0 Å². The molecule has 1 saturated heterocycles. The molecule has 4 nitrogen and oxygen atoms in total. The van der Waals surface area contributed by atoms with Crippen LogP contribution in [0.1, 0.15) is 24.1 Å². The van der Waals surface area contributed by atoms with Crippen molar-refractivity contribution < 1.29 is 4.74 Å². The minimum Gasteiger partial charge on any atom is -0.377 e. The molecule has 1 N–H and O–H groups in total. The van der Waals surface area contributed by atoms with Crippen LogP contribution in [-0.2, 0) is 18.3 Å². The number of hydrogen-bond acceptors (Lipinski definition) is 3. The van der Waals surface area contributed by atoms with Gasteiger partial charge in [0.25, 0.3) is 0 Å². The molecule has 0 spiro atoms. The Morgan fingerprint density at radius 1 is 1.67 bits per heavy atom. The molecule has 1 aromatic rings. The molecule has 1 aromatic heterocycles. The third-order valence-electron chi connectivity index (χ3n) is 3.05. The molecular weight excluding hydrogens is 190 g/mol. The van der Waals surface area contributed by atoms with Crippen molar-refractivity contribution in [1.29, 1.82) is 0 Å². The molecule has 0 aromatic carbocycles. The van der Waals surface area contributed by atoms with Crippen molar-refractivity contribution in [2.75, 3.05) is 13.2 Å².